The lowest BCUT2D eigenvalue weighted by atomic mass is 9.83. The van der Waals surface area contributed by atoms with Crippen LogP contribution in [0.15, 0.2) is 23.2 Å². The van der Waals surface area contributed by atoms with E-state index in [-0.39, 0.29) is 5.91 Å². The SMILES string of the molecule is NC(=O)c1cccc2c1N=C1CCCCC12. The van der Waals surface area contributed by atoms with Gasteiger partial charge in [-0.1, -0.05) is 18.6 Å². The van der Waals surface area contributed by atoms with Gasteiger partial charge < -0.3 is 5.73 Å². The van der Waals surface area contributed by atoms with Gasteiger partial charge in [-0.3, -0.25) is 9.79 Å². The molecule has 2 aliphatic rings. The van der Waals surface area contributed by atoms with E-state index in [1.165, 1.54) is 24.1 Å². The summed E-state index contributed by atoms with van der Waals surface area (Å²) >= 11 is 0. The first-order valence-corrected chi connectivity index (χ1v) is 5.77. The summed E-state index contributed by atoms with van der Waals surface area (Å²) in [6.07, 6.45) is 4.70. The van der Waals surface area contributed by atoms with Gasteiger partial charge in [0.25, 0.3) is 5.91 Å². The van der Waals surface area contributed by atoms with Crippen LogP contribution in [0, 0.1) is 0 Å². The molecular weight excluding hydrogens is 200 g/mol. The number of amides is 1. The first-order valence-electron chi connectivity index (χ1n) is 5.77. The number of primary amides is 1. The largest absolute Gasteiger partial charge is 0.366 e. The third kappa shape index (κ3) is 1.28. The fraction of sp³-hybridized carbons (Fsp3) is 0.385. The Kier molecular flexibility index (Phi) is 2.06. The Balaban J connectivity index is 2.14. The van der Waals surface area contributed by atoms with Gasteiger partial charge in [0.05, 0.1) is 11.3 Å². The molecule has 1 fully saturated rings. The second-order valence-electron chi connectivity index (χ2n) is 4.51. The van der Waals surface area contributed by atoms with Crippen molar-refractivity contribution in [2.24, 2.45) is 10.7 Å². The van der Waals surface area contributed by atoms with Crippen LogP contribution in [-0.2, 0) is 0 Å². The number of para-hydroxylation sites is 1. The number of hydrogen-bond acceptors (Lipinski definition) is 2. The van der Waals surface area contributed by atoms with Gasteiger partial charge in [-0.15, -0.1) is 0 Å². The van der Waals surface area contributed by atoms with Crippen molar-refractivity contribution in [3.8, 4) is 0 Å². The molecule has 1 aliphatic heterocycles. The molecule has 82 valence electrons. The van der Waals surface area contributed by atoms with Crippen LogP contribution >= 0.6 is 0 Å². The molecule has 3 nitrogen and oxygen atoms in total. The van der Waals surface area contributed by atoms with E-state index in [2.05, 4.69) is 11.1 Å². The Bertz CT molecular complexity index is 491. The monoisotopic (exact) mass is 214 g/mol. The first kappa shape index (κ1) is 9.58. The second-order valence-corrected chi connectivity index (χ2v) is 4.51. The molecule has 1 aromatic rings. The van der Waals surface area contributed by atoms with Crippen molar-refractivity contribution in [2.45, 2.75) is 31.6 Å². The van der Waals surface area contributed by atoms with Gasteiger partial charge in [-0.05, 0) is 30.9 Å². The topological polar surface area (TPSA) is 55.5 Å². The van der Waals surface area contributed by atoms with Crippen molar-refractivity contribution >= 4 is 17.3 Å². The molecule has 1 amide bonds. The van der Waals surface area contributed by atoms with Crippen molar-refractivity contribution in [2.75, 3.05) is 0 Å². The minimum absolute atomic E-state index is 0.375. The van der Waals surface area contributed by atoms with E-state index in [1.54, 1.807) is 6.07 Å². The van der Waals surface area contributed by atoms with Crippen LogP contribution in [-0.4, -0.2) is 11.6 Å². The molecule has 1 saturated carbocycles. The highest BCUT2D eigenvalue weighted by atomic mass is 16.1. The molecule has 1 heterocycles. The molecule has 0 aromatic heterocycles. The van der Waals surface area contributed by atoms with Crippen LogP contribution < -0.4 is 5.73 Å². The molecule has 3 heteroatoms. The van der Waals surface area contributed by atoms with Gasteiger partial charge in [0.1, 0.15) is 0 Å². The van der Waals surface area contributed by atoms with Gasteiger partial charge in [0.15, 0.2) is 0 Å². The minimum atomic E-state index is -0.375. The molecule has 16 heavy (non-hydrogen) atoms. The Morgan fingerprint density at radius 3 is 3.06 bits per heavy atom. The Morgan fingerprint density at radius 1 is 1.38 bits per heavy atom. The lowest BCUT2D eigenvalue weighted by Crippen LogP contribution is -2.13. The highest BCUT2D eigenvalue weighted by Crippen LogP contribution is 2.43. The zero-order valence-corrected chi connectivity index (χ0v) is 9.07. The molecule has 0 bridgehead atoms. The Morgan fingerprint density at radius 2 is 2.25 bits per heavy atom. The lowest BCUT2D eigenvalue weighted by molar-refractivity contribution is 0.100. The molecule has 1 atom stereocenters. The summed E-state index contributed by atoms with van der Waals surface area (Å²) < 4.78 is 0. The molecule has 0 radical (unpaired) electrons. The molecule has 1 aliphatic carbocycles. The fourth-order valence-corrected chi connectivity index (χ4v) is 2.77. The van der Waals surface area contributed by atoms with Crippen molar-refractivity contribution in [1.82, 2.24) is 0 Å². The predicted octanol–water partition coefficient (Wildman–Crippen LogP) is 2.53. The van der Waals surface area contributed by atoms with Gasteiger partial charge >= 0.3 is 0 Å². The number of benzene rings is 1. The summed E-state index contributed by atoms with van der Waals surface area (Å²) in [5, 5.41) is 0. The predicted molar refractivity (Wildman–Crippen MR) is 63.3 cm³/mol. The molecular formula is C13H14N2O. The number of nitrogens with zero attached hydrogens (tertiary/aromatic N) is 1. The van der Waals surface area contributed by atoms with Gasteiger partial charge in [0, 0.05) is 11.6 Å². The summed E-state index contributed by atoms with van der Waals surface area (Å²) in [6, 6.07) is 5.75. The van der Waals surface area contributed by atoms with Crippen molar-refractivity contribution in [3.63, 3.8) is 0 Å². The zero-order valence-electron chi connectivity index (χ0n) is 9.07. The van der Waals surface area contributed by atoms with Gasteiger partial charge in [0.2, 0.25) is 0 Å². The molecule has 2 N–H and O–H groups in total. The molecule has 1 aromatic carbocycles. The van der Waals surface area contributed by atoms with Crippen LogP contribution in [0.4, 0.5) is 5.69 Å². The van der Waals surface area contributed by atoms with Crippen molar-refractivity contribution < 1.29 is 4.79 Å². The lowest BCUT2D eigenvalue weighted by Gasteiger charge is -2.19. The Labute approximate surface area is 94.4 Å². The van der Waals surface area contributed by atoms with E-state index in [9.17, 15) is 4.79 Å². The van der Waals surface area contributed by atoms with Crippen molar-refractivity contribution in [1.29, 1.82) is 0 Å². The van der Waals surface area contributed by atoms with Gasteiger partial charge in [-0.25, -0.2) is 0 Å². The summed E-state index contributed by atoms with van der Waals surface area (Å²) in [4.78, 5) is 15.9. The third-order valence-electron chi connectivity index (χ3n) is 3.54. The van der Waals surface area contributed by atoms with E-state index in [1.807, 2.05) is 6.07 Å². The number of carbonyl (C=O) groups is 1. The average molecular weight is 214 g/mol. The van der Waals surface area contributed by atoms with E-state index in [4.69, 9.17) is 5.73 Å². The number of aliphatic imine (C=N–C) groups is 1. The van der Waals surface area contributed by atoms with Crippen LogP contribution in [0.5, 0.6) is 0 Å². The summed E-state index contributed by atoms with van der Waals surface area (Å²) in [6.45, 7) is 0. The molecule has 1 unspecified atom stereocenters. The summed E-state index contributed by atoms with van der Waals surface area (Å²) in [5.41, 5.74) is 9.21. The molecule has 3 rings (SSSR count). The average Bonchev–Trinajstić information content (AvgIpc) is 2.67. The van der Waals surface area contributed by atoms with Crippen LogP contribution in [0.25, 0.3) is 0 Å². The number of carbonyl (C=O) groups excluding carboxylic acids is 1. The van der Waals surface area contributed by atoms with Gasteiger partial charge in [-0.2, -0.15) is 0 Å². The fourth-order valence-electron chi connectivity index (χ4n) is 2.77. The maximum Gasteiger partial charge on any atom is 0.250 e. The second kappa shape index (κ2) is 3.44. The molecule has 0 saturated heterocycles. The Hall–Kier alpha value is -1.64. The highest BCUT2D eigenvalue weighted by Gasteiger charge is 2.31. The van der Waals surface area contributed by atoms with Crippen LogP contribution in [0.2, 0.25) is 0 Å². The van der Waals surface area contributed by atoms with E-state index in [0.717, 1.165) is 18.5 Å². The number of fused-ring (bicyclic) bond motifs is 3. The first-order chi connectivity index (χ1) is 7.77. The zero-order chi connectivity index (χ0) is 11.1. The van der Waals surface area contributed by atoms with E-state index in [0.29, 0.717) is 11.5 Å². The summed E-state index contributed by atoms with van der Waals surface area (Å²) in [7, 11) is 0. The van der Waals surface area contributed by atoms with E-state index >= 15 is 0 Å². The number of nitrogens with two attached hydrogens (primary N) is 1. The van der Waals surface area contributed by atoms with E-state index < -0.39 is 0 Å². The quantitative estimate of drug-likeness (QED) is 0.767. The van der Waals surface area contributed by atoms with Crippen molar-refractivity contribution in [3.05, 3.63) is 29.3 Å². The standard InChI is InChI=1S/C13H14N2O/c14-13(16)10-6-3-5-9-8-4-1-2-7-11(8)15-12(9)10/h3,5-6,8H,1-2,4,7H2,(H2,14,16). The third-order valence-corrected chi connectivity index (χ3v) is 3.54. The van der Waals surface area contributed by atoms with Crippen LogP contribution in [0.3, 0.4) is 0 Å². The maximum atomic E-state index is 11.3. The molecule has 0 spiro atoms. The summed E-state index contributed by atoms with van der Waals surface area (Å²) in [5.74, 6) is 0.0721. The smallest absolute Gasteiger partial charge is 0.250 e. The maximum absolute atomic E-state index is 11.3. The normalized spacial score (nSPS) is 22.2. The minimum Gasteiger partial charge on any atom is -0.366 e. The number of hydrogen-bond donors (Lipinski definition) is 1. The number of rotatable bonds is 1. The van der Waals surface area contributed by atoms with Crippen LogP contribution in [0.1, 0.15) is 47.5 Å². The highest BCUT2D eigenvalue weighted by molar-refractivity contribution is 6.05.